The van der Waals surface area contributed by atoms with Gasteiger partial charge < -0.3 is 10.4 Å². The van der Waals surface area contributed by atoms with Gasteiger partial charge in [-0.2, -0.15) is 8.42 Å². The lowest BCUT2D eigenvalue weighted by molar-refractivity contribution is -0.139. The van der Waals surface area contributed by atoms with Gasteiger partial charge in [-0.3, -0.25) is 14.1 Å². The Bertz CT molecular complexity index is 1240. The number of rotatable bonds is 5. The van der Waals surface area contributed by atoms with Gasteiger partial charge in [0.1, 0.15) is 11.7 Å². The normalized spacial score (nSPS) is 27.6. The summed E-state index contributed by atoms with van der Waals surface area (Å²) in [5.41, 5.74) is 0.636. The Morgan fingerprint density at radius 2 is 2.00 bits per heavy atom. The molecule has 2 heterocycles. The number of Topliss-reactive ketones (excluding diaryl/α,β-unsaturated/α-hetero) is 1. The number of halogens is 1. The van der Waals surface area contributed by atoms with Crippen LogP contribution in [0.1, 0.15) is 61.1 Å². The molecule has 7 nitrogen and oxygen atoms in total. The first kappa shape index (κ1) is 26.3. The molecule has 35 heavy (non-hydrogen) atoms. The van der Waals surface area contributed by atoms with Crippen LogP contribution >= 0.6 is 22.9 Å². The van der Waals surface area contributed by atoms with Crippen LogP contribution < -0.4 is 5.32 Å². The summed E-state index contributed by atoms with van der Waals surface area (Å²) in [4.78, 5) is 24.9. The number of carboxylic acids is 1. The number of aliphatic carboxylic acids is 1. The Morgan fingerprint density at radius 3 is 2.57 bits per heavy atom. The summed E-state index contributed by atoms with van der Waals surface area (Å²) in [6.07, 6.45) is 2.93. The second-order valence-electron chi connectivity index (χ2n) is 10.2. The number of carboxylic acid groups (broad SMARTS) is 1. The van der Waals surface area contributed by atoms with Crippen LogP contribution in [-0.2, 0) is 26.1 Å². The monoisotopic (exact) mass is 539 g/mol. The number of hydrogen-bond donors (Lipinski definition) is 3. The third-order valence-electron chi connectivity index (χ3n) is 8.24. The molecule has 0 saturated heterocycles. The first-order valence-electron chi connectivity index (χ1n) is 11.6. The summed E-state index contributed by atoms with van der Waals surface area (Å²) in [7, 11) is -4.08. The standard InChI is InChI=1S/C15H14ClNO2S.C10H16O4S/c16-11-4-2-1-3-9(11)13(15(18)19)14-10-6-8-20-12(10)5-7-17-14;1-9(2)7-3-4-10(9,8(11)5-7)6-15(12,13)14/h1-4,6,8,13-14,17H,5,7H2,(H,18,19);7H,3-6H2,1-2H3,(H,12,13,14). The van der Waals surface area contributed by atoms with Gasteiger partial charge >= 0.3 is 5.97 Å². The van der Waals surface area contributed by atoms with E-state index in [1.54, 1.807) is 23.5 Å². The summed E-state index contributed by atoms with van der Waals surface area (Å²) in [6.45, 7) is 4.69. The van der Waals surface area contributed by atoms with Crippen molar-refractivity contribution < 1.29 is 27.7 Å². The third-order valence-corrected chi connectivity index (χ3v) is 10.4. The fourth-order valence-corrected chi connectivity index (χ4v) is 8.66. The van der Waals surface area contributed by atoms with Crippen molar-refractivity contribution in [3.05, 3.63) is 56.7 Å². The molecule has 5 rings (SSSR count). The molecule has 1 aromatic carbocycles. The van der Waals surface area contributed by atoms with Gasteiger partial charge in [-0.25, -0.2) is 0 Å². The Labute approximate surface area is 214 Å². The summed E-state index contributed by atoms with van der Waals surface area (Å²) < 4.78 is 31.0. The molecule has 190 valence electrons. The van der Waals surface area contributed by atoms with Gasteiger partial charge in [0.15, 0.2) is 0 Å². The van der Waals surface area contributed by atoms with E-state index in [0.717, 1.165) is 24.9 Å². The highest BCUT2D eigenvalue weighted by Crippen LogP contribution is 2.64. The van der Waals surface area contributed by atoms with Gasteiger partial charge in [0, 0.05) is 22.9 Å². The summed E-state index contributed by atoms with van der Waals surface area (Å²) in [5, 5.41) is 15.5. The van der Waals surface area contributed by atoms with E-state index in [9.17, 15) is 23.1 Å². The smallest absolute Gasteiger partial charge is 0.312 e. The van der Waals surface area contributed by atoms with E-state index in [4.69, 9.17) is 16.2 Å². The Morgan fingerprint density at radius 1 is 1.29 bits per heavy atom. The van der Waals surface area contributed by atoms with Gasteiger partial charge in [0.25, 0.3) is 10.1 Å². The molecule has 4 unspecified atom stereocenters. The van der Waals surface area contributed by atoms with Gasteiger partial charge in [-0.05, 0) is 59.2 Å². The molecule has 2 fully saturated rings. The SMILES string of the molecule is CC1(C)C2CCC1(CS(=O)(=O)O)C(=O)C2.O=C(O)C(c1ccccc1Cl)C1NCCc2sccc21. The molecule has 2 aromatic rings. The van der Waals surface area contributed by atoms with Crippen LogP contribution in [0.25, 0.3) is 0 Å². The summed E-state index contributed by atoms with van der Waals surface area (Å²) in [6, 6.07) is 8.98. The number of fused-ring (bicyclic) bond motifs is 3. The van der Waals surface area contributed by atoms with Gasteiger partial charge in [0.05, 0.1) is 17.2 Å². The van der Waals surface area contributed by atoms with Crippen molar-refractivity contribution in [2.45, 2.75) is 51.5 Å². The van der Waals surface area contributed by atoms with Gasteiger partial charge in [-0.15, -0.1) is 11.3 Å². The number of hydrogen-bond acceptors (Lipinski definition) is 6. The van der Waals surface area contributed by atoms with Crippen LogP contribution in [0.2, 0.25) is 5.02 Å². The molecule has 2 aliphatic carbocycles. The number of benzene rings is 1. The van der Waals surface area contributed by atoms with Crippen molar-refractivity contribution >= 4 is 44.8 Å². The number of thiophene rings is 1. The van der Waals surface area contributed by atoms with E-state index in [2.05, 4.69) is 5.32 Å². The maximum absolute atomic E-state index is 11.9. The van der Waals surface area contributed by atoms with Crippen LogP contribution in [0.15, 0.2) is 35.7 Å². The Hall–Kier alpha value is -1.78. The minimum atomic E-state index is -4.08. The zero-order valence-corrected chi connectivity index (χ0v) is 22.0. The van der Waals surface area contributed by atoms with E-state index in [0.29, 0.717) is 23.4 Å². The predicted octanol–water partition coefficient (Wildman–Crippen LogP) is 4.73. The molecule has 0 amide bonds. The average Bonchev–Trinajstić information content (AvgIpc) is 3.38. The molecular weight excluding hydrogens is 510 g/mol. The van der Waals surface area contributed by atoms with Crippen LogP contribution in [0.4, 0.5) is 0 Å². The van der Waals surface area contributed by atoms with E-state index >= 15 is 0 Å². The van der Waals surface area contributed by atoms with E-state index < -0.39 is 33.2 Å². The second kappa shape index (κ2) is 9.59. The molecule has 4 atom stereocenters. The van der Waals surface area contributed by atoms with Gasteiger partial charge in [0.2, 0.25) is 0 Å². The Balaban J connectivity index is 0.000000172. The zero-order chi connectivity index (χ0) is 25.6. The first-order valence-corrected chi connectivity index (χ1v) is 14.5. The summed E-state index contributed by atoms with van der Waals surface area (Å²) in [5.74, 6) is -1.62. The lowest BCUT2D eigenvalue weighted by Crippen LogP contribution is -2.42. The van der Waals surface area contributed by atoms with Crippen LogP contribution in [0.5, 0.6) is 0 Å². The maximum Gasteiger partial charge on any atom is 0.312 e. The second-order valence-corrected chi connectivity index (χ2v) is 13.1. The molecule has 2 saturated carbocycles. The molecular formula is C25H30ClNO6S2. The predicted molar refractivity (Wildman–Crippen MR) is 136 cm³/mol. The average molecular weight is 540 g/mol. The van der Waals surface area contributed by atoms with Crippen molar-refractivity contribution in [2.75, 3.05) is 12.3 Å². The minimum absolute atomic E-state index is 0.0152. The van der Waals surface area contributed by atoms with Crippen molar-refractivity contribution in [2.24, 2.45) is 16.7 Å². The van der Waals surface area contributed by atoms with Crippen molar-refractivity contribution in [1.82, 2.24) is 5.32 Å². The van der Waals surface area contributed by atoms with Crippen LogP contribution in [0.3, 0.4) is 0 Å². The Kier molecular flexibility index (Phi) is 7.20. The molecule has 1 aromatic heterocycles. The first-order chi connectivity index (χ1) is 16.4. The molecule has 3 N–H and O–H groups in total. The molecule has 0 spiro atoms. The highest BCUT2D eigenvalue weighted by molar-refractivity contribution is 7.85. The van der Waals surface area contributed by atoms with Crippen LogP contribution in [0, 0.1) is 16.7 Å². The fraction of sp³-hybridized carbons (Fsp3) is 0.520. The largest absolute Gasteiger partial charge is 0.481 e. The highest BCUT2D eigenvalue weighted by atomic mass is 35.5. The van der Waals surface area contributed by atoms with Gasteiger partial charge in [-0.1, -0.05) is 43.6 Å². The zero-order valence-electron chi connectivity index (χ0n) is 19.7. The highest BCUT2D eigenvalue weighted by Gasteiger charge is 2.65. The number of nitrogens with one attached hydrogen (secondary N) is 1. The van der Waals surface area contributed by atoms with E-state index in [1.807, 2.05) is 37.4 Å². The molecule has 10 heteroatoms. The minimum Gasteiger partial charge on any atom is -0.481 e. The van der Waals surface area contributed by atoms with Crippen molar-refractivity contribution in [3.8, 4) is 0 Å². The lowest BCUT2D eigenvalue weighted by atomic mass is 9.70. The molecule has 3 aliphatic rings. The van der Waals surface area contributed by atoms with Crippen LogP contribution in [-0.4, -0.2) is 42.1 Å². The fourth-order valence-electron chi connectivity index (χ4n) is 6.18. The molecule has 1 aliphatic heterocycles. The molecule has 0 radical (unpaired) electrons. The van der Waals surface area contributed by atoms with Crippen molar-refractivity contribution in [3.63, 3.8) is 0 Å². The lowest BCUT2D eigenvalue weighted by Gasteiger charge is -2.35. The molecule has 2 bridgehead atoms. The quantitative estimate of drug-likeness (QED) is 0.470. The van der Waals surface area contributed by atoms with E-state index in [-0.39, 0.29) is 23.2 Å². The number of carbonyl (C=O) groups excluding carboxylic acids is 1. The number of carbonyl (C=O) groups is 2. The van der Waals surface area contributed by atoms with Crippen molar-refractivity contribution in [1.29, 1.82) is 0 Å². The maximum atomic E-state index is 11.9. The number of ketones is 1. The third kappa shape index (κ3) is 4.81. The van der Waals surface area contributed by atoms with E-state index in [1.165, 1.54) is 4.88 Å². The topological polar surface area (TPSA) is 121 Å². The summed E-state index contributed by atoms with van der Waals surface area (Å²) >= 11 is 7.89.